The molecule has 0 aliphatic carbocycles. The van der Waals surface area contributed by atoms with Crippen LogP contribution in [0.3, 0.4) is 0 Å². The van der Waals surface area contributed by atoms with Gasteiger partial charge in [0, 0.05) is 15.0 Å². The smallest absolute Gasteiger partial charge is 0.0991 e. The van der Waals surface area contributed by atoms with E-state index >= 15 is 0 Å². The lowest BCUT2D eigenvalue weighted by Gasteiger charge is -2.25. The molecule has 112 valence electrons. The van der Waals surface area contributed by atoms with Crippen LogP contribution in [0.4, 0.5) is 0 Å². The molecule has 2 aromatic carbocycles. The van der Waals surface area contributed by atoms with Gasteiger partial charge in [0.15, 0.2) is 0 Å². The van der Waals surface area contributed by atoms with Gasteiger partial charge >= 0.3 is 0 Å². The Morgan fingerprint density at radius 3 is 2.52 bits per heavy atom. The van der Waals surface area contributed by atoms with Crippen molar-refractivity contribution >= 4 is 31.9 Å². The lowest BCUT2D eigenvalue weighted by atomic mass is 10.0. The van der Waals surface area contributed by atoms with E-state index in [0.29, 0.717) is 6.61 Å². The molecule has 0 amide bonds. The topological polar surface area (TPSA) is 35.2 Å². The van der Waals surface area contributed by atoms with Crippen LogP contribution in [0.2, 0.25) is 0 Å². The van der Waals surface area contributed by atoms with Crippen LogP contribution in [-0.2, 0) is 11.3 Å². The van der Waals surface area contributed by atoms with Crippen LogP contribution in [0.25, 0.3) is 0 Å². The van der Waals surface area contributed by atoms with Gasteiger partial charge in [0.25, 0.3) is 0 Å². The van der Waals surface area contributed by atoms with Crippen molar-refractivity contribution < 1.29 is 4.74 Å². The molecule has 0 saturated carbocycles. The van der Waals surface area contributed by atoms with Gasteiger partial charge < -0.3 is 10.5 Å². The minimum atomic E-state index is -0.121. The van der Waals surface area contributed by atoms with E-state index < -0.39 is 0 Å². The summed E-state index contributed by atoms with van der Waals surface area (Å²) >= 11 is 7.07. The molecule has 2 nitrogen and oxygen atoms in total. The standard InChI is InChI=1S/C17H19Br2NO/c1-2-16(20)17(14-8-3-4-9-15(14)19)21-11-12-6-5-7-13(18)10-12/h3-10,16-17H,2,11,20H2,1H3. The summed E-state index contributed by atoms with van der Waals surface area (Å²) in [4.78, 5) is 0. The molecular weight excluding hydrogens is 394 g/mol. The largest absolute Gasteiger partial charge is 0.367 e. The Bertz CT molecular complexity index is 589. The van der Waals surface area contributed by atoms with Gasteiger partial charge in [-0.3, -0.25) is 0 Å². The van der Waals surface area contributed by atoms with E-state index in [1.54, 1.807) is 0 Å². The first-order valence-electron chi connectivity index (χ1n) is 6.98. The maximum Gasteiger partial charge on any atom is 0.0991 e. The molecular formula is C17H19Br2NO. The molecule has 0 radical (unpaired) electrons. The zero-order valence-corrected chi connectivity index (χ0v) is 15.1. The van der Waals surface area contributed by atoms with E-state index in [-0.39, 0.29) is 12.1 Å². The summed E-state index contributed by atoms with van der Waals surface area (Å²) in [5.74, 6) is 0. The van der Waals surface area contributed by atoms with E-state index in [2.05, 4.69) is 57.0 Å². The van der Waals surface area contributed by atoms with Crippen LogP contribution in [0.1, 0.15) is 30.6 Å². The highest BCUT2D eigenvalue weighted by molar-refractivity contribution is 9.10. The summed E-state index contributed by atoms with van der Waals surface area (Å²) in [6.45, 7) is 2.62. The molecule has 0 saturated heterocycles. The summed E-state index contributed by atoms with van der Waals surface area (Å²) in [6, 6.07) is 16.2. The molecule has 0 aliphatic rings. The first-order chi connectivity index (χ1) is 10.1. The number of nitrogens with two attached hydrogens (primary N) is 1. The monoisotopic (exact) mass is 411 g/mol. The molecule has 0 spiro atoms. The third kappa shape index (κ3) is 4.65. The van der Waals surface area contributed by atoms with Crippen molar-refractivity contribution in [3.8, 4) is 0 Å². The van der Waals surface area contributed by atoms with Crippen LogP contribution in [-0.4, -0.2) is 6.04 Å². The Morgan fingerprint density at radius 1 is 1.10 bits per heavy atom. The van der Waals surface area contributed by atoms with Gasteiger partial charge in [0.2, 0.25) is 0 Å². The van der Waals surface area contributed by atoms with Crippen molar-refractivity contribution in [1.29, 1.82) is 0 Å². The summed E-state index contributed by atoms with van der Waals surface area (Å²) < 4.78 is 8.22. The number of halogens is 2. The van der Waals surface area contributed by atoms with E-state index in [9.17, 15) is 0 Å². The second kappa shape index (κ2) is 8.08. The normalized spacial score (nSPS) is 13.9. The number of rotatable bonds is 6. The third-order valence-corrected chi connectivity index (χ3v) is 4.61. The van der Waals surface area contributed by atoms with E-state index in [1.807, 2.05) is 30.3 Å². The summed E-state index contributed by atoms with van der Waals surface area (Å²) in [5, 5.41) is 0. The molecule has 2 atom stereocenters. The highest BCUT2D eigenvalue weighted by atomic mass is 79.9. The Labute approximate surface area is 143 Å². The van der Waals surface area contributed by atoms with Gasteiger partial charge in [0.05, 0.1) is 12.7 Å². The first kappa shape index (κ1) is 16.7. The summed E-state index contributed by atoms with van der Waals surface area (Å²) in [6.07, 6.45) is 0.745. The number of hydrogen-bond acceptors (Lipinski definition) is 2. The molecule has 0 bridgehead atoms. The van der Waals surface area contributed by atoms with Crippen molar-refractivity contribution in [3.05, 3.63) is 68.6 Å². The summed E-state index contributed by atoms with van der Waals surface area (Å²) in [7, 11) is 0. The fraction of sp³-hybridized carbons (Fsp3) is 0.294. The second-order valence-corrected chi connectivity index (χ2v) is 6.73. The molecule has 4 heteroatoms. The van der Waals surface area contributed by atoms with Gasteiger partial charge in [-0.15, -0.1) is 0 Å². The van der Waals surface area contributed by atoms with Crippen LogP contribution in [0, 0.1) is 0 Å². The fourth-order valence-electron chi connectivity index (χ4n) is 2.18. The van der Waals surface area contributed by atoms with E-state index in [0.717, 1.165) is 26.5 Å². The van der Waals surface area contributed by atoms with Crippen LogP contribution >= 0.6 is 31.9 Å². The molecule has 0 fully saturated rings. The molecule has 21 heavy (non-hydrogen) atoms. The molecule has 2 aromatic rings. The maximum atomic E-state index is 6.26. The van der Waals surface area contributed by atoms with Crippen molar-refractivity contribution in [2.24, 2.45) is 5.73 Å². The molecule has 0 aromatic heterocycles. The van der Waals surface area contributed by atoms with Crippen LogP contribution in [0.5, 0.6) is 0 Å². The van der Waals surface area contributed by atoms with Crippen molar-refractivity contribution in [2.45, 2.75) is 32.1 Å². The van der Waals surface area contributed by atoms with Gasteiger partial charge in [-0.05, 0) is 35.7 Å². The fourth-order valence-corrected chi connectivity index (χ4v) is 3.13. The quantitative estimate of drug-likeness (QED) is 0.706. The number of ether oxygens (including phenoxy) is 1. The predicted molar refractivity (Wildman–Crippen MR) is 94.1 cm³/mol. The van der Waals surface area contributed by atoms with E-state index in [1.165, 1.54) is 0 Å². The summed E-state index contributed by atoms with van der Waals surface area (Å²) in [5.41, 5.74) is 8.49. The van der Waals surface area contributed by atoms with Gasteiger partial charge in [0.1, 0.15) is 0 Å². The number of hydrogen-bond donors (Lipinski definition) is 1. The highest BCUT2D eigenvalue weighted by Gasteiger charge is 2.21. The average molecular weight is 413 g/mol. The Kier molecular flexibility index (Phi) is 6.42. The van der Waals surface area contributed by atoms with Gasteiger partial charge in [-0.25, -0.2) is 0 Å². The first-order valence-corrected chi connectivity index (χ1v) is 8.56. The second-order valence-electron chi connectivity index (χ2n) is 4.96. The average Bonchev–Trinajstić information content (AvgIpc) is 2.49. The third-order valence-electron chi connectivity index (χ3n) is 3.39. The lowest BCUT2D eigenvalue weighted by Crippen LogP contribution is -2.29. The van der Waals surface area contributed by atoms with Gasteiger partial charge in [-0.1, -0.05) is 69.1 Å². The van der Waals surface area contributed by atoms with Crippen LogP contribution < -0.4 is 5.73 Å². The molecule has 0 heterocycles. The Balaban J connectivity index is 2.16. The Morgan fingerprint density at radius 2 is 1.86 bits per heavy atom. The van der Waals surface area contributed by atoms with Crippen molar-refractivity contribution in [1.82, 2.24) is 0 Å². The van der Waals surface area contributed by atoms with Crippen molar-refractivity contribution in [3.63, 3.8) is 0 Å². The minimum Gasteiger partial charge on any atom is -0.367 e. The zero-order valence-electron chi connectivity index (χ0n) is 11.9. The highest BCUT2D eigenvalue weighted by Crippen LogP contribution is 2.30. The van der Waals surface area contributed by atoms with Gasteiger partial charge in [-0.2, -0.15) is 0 Å². The molecule has 2 rings (SSSR count). The predicted octanol–water partition coefficient (Wildman–Crippen LogP) is 5.21. The van der Waals surface area contributed by atoms with E-state index in [4.69, 9.17) is 10.5 Å². The molecule has 2 N–H and O–H groups in total. The Hall–Kier alpha value is -0.680. The minimum absolute atomic E-state index is 0.0316. The van der Waals surface area contributed by atoms with Crippen molar-refractivity contribution in [2.75, 3.05) is 0 Å². The molecule has 2 unspecified atom stereocenters. The lowest BCUT2D eigenvalue weighted by molar-refractivity contribution is 0.0208. The zero-order chi connectivity index (χ0) is 15.2. The molecule has 0 aliphatic heterocycles. The van der Waals surface area contributed by atoms with Crippen LogP contribution in [0.15, 0.2) is 57.5 Å². The maximum absolute atomic E-state index is 6.26. The number of benzene rings is 2. The SMILES string of the molecule is CCC(N)C(OCc1cccc(Br)c1)c1ccccc1Br.